The van der Waals surface area contributed by atoms with Crippen molar-refractivity contribution in [3.05, 3.63) is 102 Å². The quantitative estimate of drug-likeness (QED) is 0.458. The molecule has 3 aromatic carbocycles. The monoisotopic (exact) mass is 392 g/mol. The number of anilines is 1. The first-order chi connectivity index (χ1) is 14.7. The molecule has 5 heteroatoms. The summed E-state index contributed by atoms with van der Waals surface area (Å²) in [6.45, 7) is 2.47. The number of benzene rings is 3. The van der Waals surface area contributed by atoms with Crippen LogP contribution in [0.15, 0.2) is 85.1 Å². The SMILES string of the molecule is Cc1cc(C(=O)Nc2ccnn2Cc2cccc3ccccc23)c2ccccc2n1. The maximum absolute atomic E-state index is 13.1. The fraction of sp³-hybridized carbons (Fsp3) is 0.0800. The van der Waals surface area contributed by atoms with Crippen LogP contribution in [0.25, 0.3) is 21.7 Å². The van der Waals surface area contributed by atoms with Gasteiger partial charge in [0.15, 0.2) is 0 Å². The van der Waals surface area contributed by atoms with E-state index >= 15 is 0 Å². The molecule has 1 amide bonds. The second-order valence-electron chi connectivity index (χ2n) is 7.29. The Balaban J connectivity index is 1.47. The van der Waals surface area contributed by atoms with Crippen LogP contribution in [0.1, 0.15) is 21.6 Å². The highest BCUT2D eigenvalue weighted by Gasteiger charge is 2.14. The highest BCUT2D eigenvalue weighted by Crippen LogP contribution is 2.22. The van der Waals surface area contributed by atoms with Crippen molar-refractivity contribution in [3.8, 4) is 0 Å². The van der Waals surface area contributed by atoms with Gasteiger partial charge in [-0.05, 0) is 35.4 Å². The third-order valence-electron chi connectivity index (χ3n) is 5.25. The summed E-state index contributed by atoms with van der Waals surface area (Å²) >= 11 is 0. The minimum Gasteiger partial charge on any atom is -0.307 e. The molecule has 0 atom stereocenters. The summed E-state index contributed by atoms with van der Waals surface area (Å²) in [6.07, 6.45) is 1.71. The second-order valence-corrected chi connectivity index (χ2v) is 7.29. The number of rotatable bonds is 4. The molecule has 5 rings (SSSR count). The summed E-state index contributed by atoms with van der Waals surface area (Å²) in [5, 5.41) is 10.7. The standard InChI is InChI=1S/C25H20N4O/c1-17-15-22(21-11-4-5-12-23(21)27-17)25(30)28-24-13-14-26-29(24)16-19-9-6-8-18-7-2-3-10-20(18)19/h2-15H,16H2,1H3,(H,28,30). The summed E-state index contributed by atoms with van der Waals surface area (Å²) < 4.78 is 1.82. The summed E-state index contributed by atoms with van der Waals surface area (Å²) in [5.41, 5.74) is 3.38. The van der Waals surface area contributed by atoms with Gasteiger partial charge >= 0.3 is 0 Å². The molecule has 5 nitrogen and oxygen atoms in total. The van der Waals surface area contributed by atoms with E-state index in [2.05, 4.69) is 39.7 Å². The minimum absolute atomic E-state index is 0.170. The smallest absolute Gasteiger partial charge is 0.257 e. The summed E-state index contributed by atoms with van der Waals surface area (Å²) in [5.74, 6) is 0.489. The van der Waals surface area contributed by atoms with Crippen molar-refractivity contribution < 1.29 is 4.79 Å². The van der Waals surface area contributed by atoms with Gasteiger partial charge in [-0.1, -0.05) is 60.7 Å². The molecule has 5 aromatic rings. The van der Waals surface area contributed by atoms with Crippen LogP contribution in [-0.4, -0.2) is 20.7 Å². The first-order valence-corrected chi connectivity index (χ1v) is 9.85. The van der Waals surface area contributed by atoms with Crippen LogP contribution in [0, 0.1) is 6.92 Å². The van der Waals surface area contributed by atoms with Gasteiger partial charge in [-0.2, -0.15) is 5.10 Å². The maximum Gasteiger partial charge on any atom is 0.257 e. The van der Waals surface area contributed by atoms with E-state index in [0.29, 0.717) is 17.9 Å². The highest BCUT2D eigenvalue weighted by molar-refractivity contribution is 6.12. The second kappa shape index (κ2) is 7.44. The number of hydrogen-bond acceptors (Lipinski definition) is 3. The molecule has 0 spiro atoms. The van der Waals surface area contributed by atoms with E-state index in [-0.39, 0.29) is 5.91 Å². The Hall–Kier alpha value is -3.99. The zero-order valence-electron chi connectivity index (χ0n) is 16.5. The van der Waals surface area contributed by atoms with E-state index in [1.54, 1.807) is 6.20 Å². The van der Waals surface area contributed by atoms with Crippen molar-refractivity contribution in [2.24, 2.45) is 0 Å². The van der Waals surface area contributed by atoms with E-state index in [0.717, 1.165) is 22.2 Å². The summed E-state index contributed by atoms with van der Waals surface area (Å²) in [6, 6.07) is 25.8. The van der Waals surface area contributed by atoms with Crippen LogP contribution in [0.2, 0.25) is 0 Å². The zero-order valence-corrected chi connectivity index (χ0v) is 16.5. The molecule has 2 aromatic heterocycles. The van der Waals surface area contributed by atoms with Crippen LogP contribution in [0.4, 0.5) is 5.82 Å². The van der Waals surface area contributed by atoms with Crippen LogP contribution < -0.4 is 5.32 Å². The van der Waals surface area contributed by atoms with Crippen LogP contribution in [-0.2, 0) is 6.54 Å². The molecular weight excluding hydrogens is 372 g/mol. The molecule has 0 unspecified atom stereocenters. The zero-order chi connectivity index (χ0) is 20.5. The Bertz CT molecular complexity index is 1380. The van der Waals surface area contributed by atoms with Gasteiger partial charge in [0.2, 0.25) is 0 Å². The van der Waals surface area contributed by atoms with Crippen LogP contribution >= 0.6 is 0 Å². The van der Waals surface area contributed by atoms with Crippen molar-refractivity contribution in [2.75, 3.05) is 5.32 Å². The van der Waals surface area contributed by atoms with E-state index in [1.165, 1.54) is 10.8 Å². The van der Waals surface area contributed by atoms with Gasteiger partial charge in [0.25, 0.3) is 5.91 Å². The molecule has 0 aliphatic carbocycles. The number of aryl methyl sites for hydroxylation is 1. The lowest BCUT2D eigenvalue weighted by molar-refractivity contribution is 0.102. The normalized spacial score (nSPS) is 11.1. The molecule has 1 N–H and O–H groups in total. The Morgan fingerprint density at radius 1 is 0.933 bits per heavy atom. The molecule has 0 saturated heterocycles. The Morgan fingerprint density at radius 2 is 1.70 bits per heavy atom. The number of fused-ring (bicyclic) bond motifs is 2. The number of aromatic nitrogens is 3. The molecule has 0 saturated carbocycles. The predicted molar refractivity (Wildman–Crippen MR) is 120 cm³/mol. The van der Waals surface area contributed by atoms with Gasteiger partial charge < -0.3 is 5.32 Å². The first kappa shape index (κ1) is 18.1. The van der Waals surface area contributed by atoms with Gasteiger partial charge in [-0.15, -0.1) is 0 Å². The molecule has 30 heavy (non-hydrogen) atoms. The van der Waals surface area contributed by atoms with Crippen LogP contribution in [0.3, 0.4) is 0 Å². The number of nitrogens with zero attached hydrogens (tertiary/aromatic N) is 3. The van der Waals surface area contributed by atoms with Crippen molar-refractivity contribution >= 4 is 33.4 Å². The number of carbonyl (C=O) groups excluding carboxylic acids is 1. The van der Waals surface area contributed by atoms with Gasteiger partial charge in [0, 0.05) is 17.1 Å². The number of carbonyl (C=O) groups is 1. The molecule has 0 bridgehead atoms. The molecular formula is C25H20N4O. The largest absolute Gasteiger partial charge is 0.307 e. The topological polar surface area (TPSA) is 59.8 Å². The average Bonchev–Trinajstić information content (AvgIpc) is 3.19. The number of nitrogens with one attached hydrogen (secondary N) is 1. The lowest BCUT2D eigenvalue weighted by Gasteiger charge is -2.12. The van der Waals surface area contributed by atoms with Gasteiger partial charge in [0.1, 0.15) is 5.82 Å². The lowest BCUT2D eigenvalue weighted by atomic mass is 10.0. The Labute approximate surface area is 174 Å². The van der Waals surface area contributed by atoms with Gasteiger partial charge in [0.05, 0.1) is 23.8 Å². The van der Waals surface area contributed by atoms with Crippen molar-refractivity contribution in [1.82, 2.24) is 14.8 Å². The van der Waals surface area contributed by atoms with Crippen molar-refractivity contribution in [1.29, 1.82) is 0 Å². The number of para-hydroxylation sites is 1. The van der Waals surface area contributed by atoms with Crippen molar-refractivity contribution in [2.45, 2.75) is 13.5 Å². The fourth-order valence-corrected chi connectivity index (χ4v) is 3.84. The molecule has 2 heterocycles. The maximum atomic E-state index is 13.1. The van der Waals surface area contributed by atoms with Crippen molar-refractivity contribution in [3.63, 3.8) is 0 Å². The third-order valence-corrected chi connectivity index (χ3v) is 5.25. The van der Waals surface area contributed by atoms with Gasteiger partial charge in [-0.3, -0.25) is 9.78 Å². The molecule has 0 radical (unpaired) electrons. The third kappa shape index (κ3) is 3.31. The highest BCUT2D eigenvalue weighted by atomic mass is 16.1. The first-order valence-electron chi connectivity index (χ1n) is 9.85. The number of amides is 1. The molecule has 0 aliphatic heterocycles. The molecule has 0 aliphatic rings. The number of pyridine rings is 1. The molecule has 146 valence electrons. The van der Waals surface area contributed by atoms with E-state index in [9.17, 15) is 4.79 Å². The number of hydrogen-bond donors (Lipinski definition) is 1. The average molecular weight is 392 g/mol. The predicted octanol–water partition coefficient (Wildman–Crippen LogP) is 5.19. The Kier molecular flexibility index (Phi) is 4.48. The van der Waals surface area contributed by atoms with Gasteiger partial charge in [-0.25, -0.2) is 4.68 Å². The Morgan fingerprint density at radius 3 is 2.60 bits per heavy atom. The van der Waals surface area contributed by atoms with E-state index < -0.39 is 0 Å². The van der Waals surface area contributed by atoms with E-state index in [4.69, 9.17) is 0 Å². The summed E-state index contributed by atoms with van der Waals surface area (Å²) in [7, 11) is 0. The molecule has 0 fully saturated rings. The fourth-order valence-electron chi connectivity index (χ4n) is 3.84. The minimum atomic E-state index is -0.170. The van der Waals surface area contributed by atoms with E-state index in [1.807, 2.05) is 66.2 Å². The summed E-state index contributed by atoms with van der Waals surface area (Å²) in [4.78, 5) is 17.6. The lowest BCUT2D eigenvalue weighted by Crippen LogP contribution is -2.17. The van der Waals surface area contributed by atoms with Crippen LogP contribution in [0.5, 0.6) is 0 Å².